The minimum atomic E-state index is -0.363. The van der Waals surface area contributed by atoms with E-state index >= 15 is 0 Å². The normalized spacial score (nSPS) is 18.5. The number of thioether (sulfide) groups is 1. The summed E-state index contributed by atoms with van der Waals surface area (Å²) in [7, 11) is 0. The van der Waals surface area contributed by atoms with E-state index < -0.39 is 0 Å². The first-order chi connectivity index (χ1) is 11.1. The van der Waals surface area contributed by atoms with E-state index in [1.165, 1.54) is 23.3 Å². The number of halogens is 1. The number of amides is 1. The van der Waals surface area contributed by atoms with Gasteiger partial charge in [-0.3, -0.25) is 4.79 Å². The van der Waals surface area contributed by atoms with Gasteiger partial charge in [0.1, 0.15) is 5.82 Å². The van der Waals surface area contributed by atoms with E-state index in [4.69, 9.17) is 0 Å². The highest BCUT2D eigenvalue weighted by Gasteiger charge is 2.23. The molecule has 0 spiro atoms. The minimum Gasteiger partial charge on any atom is -0.338 e. The third kappa shape index (κ3) is 3.75. The quantitative estimate of drug-likeness (QED) is 0.811. The number of carbonyl (C=O) groups excluding carboxylic acids is 1. The standard InChI is InChI=1S/C19H20FNOS/c1-14-5-2-3-8-17(14)18-9-10-21(11-12-23-18)19(22)15-6-4-7-16(20)13-15/h2-8,13,18H,9-12H2,1H3. The summed E-state index contributed by atoms with van der Waals surface area (Å²) in [5, 5.41) is 0.418. The fraction of sp³-hybridized carbons (Fsp3) is 0.316. The Balaban J connectivity index is 1.71. The molecule has 2 nitrogen and oxygen atoms in total. The molecule has 1 unspecified atom stereocenters. The zero-order chi connectivity index (χ0) is 16.2. The molecule has 1 fully saturated rings. The van der Waals surface area contributed by atoms with Crippen LogP contribution in [0.25, 0.3) is 0 Å². The van der Waals surface area contributed by atoms with Crippen molar-refractivity contribution >= 4 is 17.7 Å². The second kappa shape index (κ2) is 7.18. The summed E-state index contributed by atoms with van der Waals surface area (Å²) in [4.78, 5) is 14.4. The van der Waals surface area contributed by atoms with Crippen molar-refractivity contribution in [2.24, 2.45) is 0 Å². The summed E-state index contributed by atoms with van der Waals surface area (Å²) in [5.41, 5.74) is 3.09. The molecule has 1 atom stereocenters. The third-order valence-corrected chi connectivity index (χ3v) is 5.55. The zero-order valence-corrected chi connectivity index (χ0v) is 14.0. The molecule has 120 valence electrons. The SMILES string of the molecule is Cc1ccccc1C1CCN(C(=O)c2cccc(F)c2)CCS1. The topological polar surface area (TPSA) is 20.3 Å². The smallest absolute Gasteiger partial charge is 0.253 e. The van der Waals surface area contributed by atoms with E-state index in [1.807, 2.05) is 16.7 Å². The highest BCUT2D eigenvalue weighted by Crippen LogP contribution is 2.36. The molecule has 0 radical (unpaired) electrons. The summed E-state index contributed by atoms with van der Waals surface area (Å²) >= 11 is 1.90. The maximum Gasteiger partial charge on any atom is 0.253 e. The van der Waals surface area contributed by atoms with Gasteiger partial charge in [-0.15, -0.1) is 0 Å². The first-order valence-electron chi connectivity index (χ1n) is 7.87. The van der Waals surface area contributed by atoms with Crippen LogP contribution in [0.3, 0.4) is 0 Å². The molecule has 2 aromatic carbocycles. The zero-order valence-electron chi connectivity index (χ0n) is 13.2. The number of carbonyl (C=O) groups is 1. The van der Waals surface area contributed by atoms with E-state index in [-0.39, 0.29) is 11.7 Å². The number of benzene rings is 2. The Kier molecular flexibility index (Phi) is 5.01. The average molecular weight is 329 g/mol. The molecular weight excluding hydrogens is 309 g/mol. The van der Waals surface area contributed by atoms with Crippen molar-refractivity contribution in [1.29, 1.82) is 0 Å². The largest absolute Gasteiger partial charge is 0.338 e. The van der Waals surface area contributed by atoms with Gasteiger partial charge in [0, 0.05) is 29.7 Å². The number of rotatable bonds is 2. The van der Waals surface area contributed by atoms with E-state index in [0.29, 0.717) is 23.9 Å². The second-order valence-electron chi connectivity index (χ2n) is 5.81. The lowest BCUT2D eigenvalue weighted by molar-refractivity contribution is 0.0766. The molecule has 1 aliphatic rings. The van der Waals surface area contributed by atoms with Crippen molar-refractivity contribution in [2.75, 3.05) is 18.8 Å². The lowest BCUT2D eigenvalue weighted by atomic mass is 10.0. The summed E-state index contributed by atoms with van der Waals surface area (Å²) in [6.45, 7) is 3.56. The van der Waals surface area contributed by atoms with Gasteiger partial charge in [0.15, 0.2) is 0 Å². The van der Waals surface area contributed by atoms with Gasteiger partial charge >= 0.3 is 0 Å². The predicted molar refractivity (Wildman–Crippen MR) is 93.3 cm³/mol. The maximum atomic E-state index is 13.3. The molecule has 4 heteroatoms. The monoisotopic (exact) mass is 329 g/mol. The molecule has 23 heavy (non-hydrogen) atoms. The highest BCUT2D eigenvalue weighted by molar-refractivity contribution is 7.99. The third-order valence-electron chi connectivity index (χ3n) is 4.24. The van der Waals surface area contributed by atoms with Gasteiger partial charge in [0.2, 0.25) is 0 Å². The fourth-order valence-corrected chi connectivity index (χ4v) is 4.30. The number of nitrogens with zero attached hydrogens (tertiary/aromatic N) is 1. The molecule has 0 bridgehead atoms. The second-order valence-corrected chi connectivity index (χ2v) is 7.12. The molecule has 0 N–H and O–H groups in total. The van der Waals surface area contributed by atoms with Crippen LogP contribution in [0.15, 0.2) is 48.5 Å². The van der Waals surface area contributed by atoms with Crippen LogP contribution in [-0.4, -0.2) is 29.6 Å². The van der Waals surface area contributed by atoms with E-state index in [0.717, 1.165) is 12.2 Å². The Morgan fingerprint density at radius 1 is 1.17 bits per heavy atom. The van der Waals surface area contributed by atoms with Gasteiger partial charge in [-0.25, -0.2) is 4.39 Å². The predicted octanol–water partition coefficient (Wildman–Crippen LogP) is 4.45. The van der Waals surface area contributed by atoms with Crippen LogP contribution in [-0.2, 0) is 0 Å². The van der Waals surface area contributed by atoms with Crippen molar-refractivity contribution in [3.8, 4) is 0 Å². The molecule has 1 saturated heterocycles. The molecule has 0 saturated carbocycles. The molecule has 3 rings (SSSR count). The summed E-state index contributed by atoms with van der Waals surface area (Å²) < 4.78 is 13.3. The van der Waals surface area contributed by atoms with Crippen LogP contribution in [0, 0.1) is 12.7 Å². The van der Waals surface area contributed by atoms with Crippen molar-refractivity contribution in [2.45, 2.75) is 18.6 Å². The Hall–Kier alpha value is -1.81. The minimum absolute atomic E-state index is 0.0736. The molecule has 0 aliphatic carbocycles. The van der Waals surface area contributed by atoms with Crippen molar-refractivity contribution in [3.05, 3.63) is 71.0 Å². The molecule has 1 aliphatic heterocycles. The van der Waals surface area contributed by atoms with Gasteiger partial charge in [-0.05, 0) is 42.7 Å². The van der Waals surface area contributed by atoms with Gasteiger partial charge < -0.3 is 4.90 Å². The van der Waals surface area contributed by atoms with Crippen LogP contribution >= 0.6 is 11.8 Å². The Bertz CT molecular complexity index is 703. The lowest BCUT2D eigenvalue weighted by Gasteiger charge is -2.20. The average Bonchev–Trinajstić information content (AvgIpc) is 2.80. The molecule has 0 aromatic heterocycles. The molecule has 2 aromatic rings. The highest BCUT2D eigenvalue weighted by atomic mass is 32.2. The van der Waals surface area contributed by atoms with Crippen LogP contribution in [0.1, 0.15) is 33.2 Å². The van der Waals surface area contributed by atoms with E-state index in [2.05, 4.69) is 31.2 Å². The first kappa shape index (κ1) is 16.1. The number of hydrogen-bond acceptors (Lipinski definition) is 2. The van der Waals surface area contributed by atoms with Gasteiger partial charge in [0.05, 0.1) is 0 Å². The van der Waals surface area contributed by atoms with Crippen molar-refractivity contribution < 1.29 is 9.18 Å². The van der Waals surface area contributed by atoms with E-state index in [9.17, 15) is 9.18 Å². The molecule has 1 amide bonds. The van der Waals surface area contributed by atoms with Crippen molar-refractivity contribution in [1.82, 2.24) is 4.90 Å². The van der Waals surface area contributed by atoms with Crippen LogP contribution in [0.2, 0.25) is 0 Å². The maximum absolute atomic E-state index is 13.3. The van der Waals surface area contributed by atoms with Gasteiger partial charge in [0.25, 0.3) is 5.91 Å². The Labute approximate surface area is 140 Å². The summed E-state index contributed by atoms with van der Waals surface area (Å²) in [6, 6.07) is 14.4. The molecule has 1 heterocycles. The van der Waals surface area contributed by atoms with Crippen molar-refractivity contribution in [3.63, 3.8) is 0 Å². The Morgan fingerprint density at radius 3 is 2.78 bits per heavy atom. The lowest BCUT2D eigenvalue weighted by Crippen LogP contribution is -2.33. The summed E-state index contributed by atoms with van der Waals surface area (Å²) in [6.07, 6.45) is 0.927. The number of aryl methyl sites for hydroxylation is 1. The Morgan fingerprint density at radius 2 is 2.00 bits per heavy atom. The number of hydrogen-bond donors (Lipinski definition) is 0. The van der Waals surface area contributed by atoms with Gasteiger partial charge in [-0.1, -0.05) is 30.3 Å². The van der Waals surface area contributed by atoms with E-state index in [1.54, 1.807) is 12.1 Å². The van der Waals surface area contributed by atoms with Crippen LogP contribution in [0.5, 0.6) is 0 Å². The van der Waals surface area contributed by atoms with Crippen LogP contribution < -0.4 is 0 Å². The van der Waals surface area contributed by atoms with Crippen LogP contribution in [0.4, 0.5) is 4.39 Å². The molecular formula is C19H20FNOS. The fourth-order valence-electron chi connectivity index (χ4n) is 2.97. The first-order valence-corrected chi connectivity index (χ1v) is 8.92. The summed E-state index contributed by atoms with van der Waals surface area (Å²) in [5.74, 6) is 0.466. The van der Waals surface area contributed by atoms with Gasteiger partial charge in [-0.2, -0.15) is 11.8 Å².